The highest BCUT2D eigenvalue weighted by atomic mass is 32.2. The molecule has 0 bridgehead atoms. The maximum absolute atomic E-state index is 11.5. The van der Waals surface area contributed by atoms with Gasteiger partial charge in [0.1, 0.15) is 6.61 Å². The molecule has 0 aliphatic carbocycles. The third-order valence-corrected chi connectivity index (χ3v) is 4.97. The fourth-order valence-corrected chi connectivity index (χ4v) is 3.30. The van der Waals surface area contributed by atoms with Crippen molar-refractivity contribution in [3.63, 3.8) is 0 Å². The number of hydrogen-bond acceptors (Lipinski definition) is 6. The summed E-state index contributed by atoms with van der Waals surface area (Å²) >= 11 is 1.42. The number of nitrogens with zero attached hydrogens (tertiary/aromatic N) is 2. The molecule has 0 saturated carbocycles. The molecule has 0 unspecified atom stereocenters. The van der Waals surface area contributed by atoms with Crippen LogP contribution in [0.4, 0.5) is 0 Å². The second kappa shape index (κ2) is 12.7. The van der Waals surface area contributed by atoms with Gasteiger partial charge >= 0.3 is 0 Å². The van der Waals surface area contributed by atoms with E-state index in [1.807, 2.05) is 24.3 Å². The van der Waals surface area contributed by atoms with Crippen LogP contribution in [0.15, 0.2) is 30.5 Å². The molecule has 1 aliphatic heterocycles. The highest BCUT2D eigenvalue weighted by molar-refractivity contribution is 7.99. The van der Waals surface area contributed by atoms with Crippen molar-refractivity contribution in [2.45, 2.75) is 25.8 Å². The summed E-state index contributed by atoms with van der Waals surface area (Å²) in [4.78, 5) is 18.2. The Morgan fingerprint density at radius 3 is 3.00 bits per heavy atom. The molecule has 0 atom stereocenters. The fraction of sp³-hybridized carbons (Fsp3) is 0.579. The van der Waals surface area contributed by atoms with Gasteiger partial charge in [0.05, 0.1) is 12.4 Å². The van der Waals surface area contributed by atoms with Gasteiger partial charge in [-0.2, -0.15) is 0 Å². The van der Waals surface area contributed by atoms with Crippen molar-refractivity contribution < 1.29 is 14.6 Å². The molecule has 6 nitrogen and oxygen atoms in total. The number of piperidine rings is 1. The Morgan fingerprint density at radius 1 is 1.35 bits per heavy atom. The molecule has 2 rings (SSSR count). The molecule has 1 fully saturated rings. The van der Waals surface area contributed by atoms with Crippen LogP contribution in [0.3, 0.4) is 0 Å². The Kier molecular flexibility index (Phi) is 10.2. The second-order valence-corrected chi connectivity index (χ2v) is 7.31. The zero-order chi connectivity index (χ0) is 18.5. The van der Waals surface area contributed by atoms with Crippen molar-refractivity contribution in [1.29, 1.82) is 0 Å². The quantitative estimate of drug-likeness (QED) is 0.451. The molecule has 0 aromatic carbocycles. The van der Waals surface area contributed by atoms with Gasteiger partial charge < -0.3 is 15.2 Å². The molecule has 1 aliphatic rings. The summed E-state index contributed by atoms with van der Waals surface area (Å²) in [6, 6.07) is 4.05. The highest BCUT2D eigenvalue weighted by Crippen LogP contribution is 2.15. The van der Waals surface area contributed by atoms with E-state index in [2.05, 4.69) is 15.2 Å². The monoisotopic (exact) mass is 379 g/mol. The zero-order valence-corrected chi connectivity index (χ0v) is 16.0. The predicted octanol–water partition coefficient (Wildman–Crippen LogP) is 1.84. The molecule has 144 valence electrons. The predicted molar refractivity (Wildman–Crippen MR) is 105 cm³/mol. The first kappa shape index (κ1) is 20.7. The number of aromatic nitrogens is 1. The average Bonchev–Trinajstić information content (AvgIpc) is 2.66. The highest BCUT2D eigenvalue weighted by Gasteiger charge is 2.10. The zero-order valence-electron chi connectivity index (χ0n) is 15.2. The van der Waals surface area contributed by atoms with Crippen molar-refractivity contribution in [3.8, 4) is 5.88 Å². The molecule has 1 saturated heterocycles. The minimum absolute atomic E-state index is 0.0268. The van der Waals surface area contributed by atoms with E-state index in [4.69, 9.17) is 9.84 Å². The number of pyridine rings is 1. The van der Waals surface area contributed by atoms with E-state index in [0.29, 0.717) is 30.5 Å². The SMILES string of the molecule is O=C(CSCCO)NCC=CCOc1cc(CN2CCCCC2)ccn1. The maximum Gasteiger partial charge on any atom is 0.230 e. The Balaban J connectivity index is 1.62. The number of carbonyl (C=O) groups is 1. The first-order valence-corrected chi connectivity index (χ1v) is 10.3. The molecule has 2 N–H and O–H groups in total. The summed E-state index contributed by atoms with van der Waals surface area (Å²) in [6.45, 7) is 4.30. The number of thioether (sulfide) groups is 1. The fourth-order valence-electron chi connectivity index (χ4n) is 2.74. The normalized spacial score (nSPS) is 15.3. The molecule has 1 amide bonds. The number of amides is 1. The minimum Gasteiger partial charge on any atom is -0.473 e. The number of nitrogens with one attached hydrogen (secondary N) is 1. The van der Waals surface area contributed by atoms with Gasteiger partial charge in [0, 0.05) is 31.1 Å². The lowest BCUT2D eigenvalue weighted by Crippen LogP contribution is -2.29. The Morgan fingerprint density at radius 2 is 2.19 bits per heavy atom. The third kappa shape index (κ3) is 8.69. The molecule has 7 heteroatoms. The van der Waals surface area contributed by atoms with Crippen LogP contribution in [0.2, 0.25) is 0 Å². The van der Waals surface area contributed by atoms with Crippen LogP contribution in [0.25, 0.3) is 0 Å². The lowest BCUT2D eigenvalue weighted by molar-refractivity contribution is -0.118. The lowest BCUT2D eigenvalue weighted by Gasteiger charge is -2.26. The minimum atomic E-state index is -0.0268. The van der Waals surface area contributed by atoms with Crippen LogP contribution in [0.5, 0.6) is 5.88 Å². The Labute approximate surface area is 160 Å². The molecule has 0 radical (unpaired) electrons. The van der Waals surface area contributed by atoms with E-state index in [-0.39, 0.29) is 12.5 Å². The van der Waals surface area contributed by atoms with E-state index < -0.39 is 0 Å². The lowest BCUT2D eigenvalue weighted by atomic mass is 10.1. The van der Waals surface area contributed by atoms with E-state index >= 15 is 0 Å². The summed E-state index contributed by atoms with van der Waals surface area (Å²) in [5, 5.41) is 11.5. The van der Waals surface area contributed by atoms with Crippen LogP contribution in [0, 0.1) is 0 Å². The smallest absolute Gasteiger partial charge is 0.230 e. The van der Waals surface area contributed by atoms with Gasteiger partial charge in [0.2, 0.25) is 11.8 Å². The average molecular weight is 380 g/mol. The molecule has 0 spiro atoms. The number of hydrogen-bond donors (Lipinski definition) is 2. The van der Waals surface area contributed by atoms with Crippen molar-refractivity contribution in [2.24, 2.45) is 0 Å². The van der Waals surface area contributed by atoms with E-state index in [1.165, 1.54) is 49.7 Å². The largest absolute Gasteiger partial charge is 0.473 e. The first-order chi connectivity index (χ1) is 12.8. The van der Waals surface area contributed by atoms with E-state index in [9.17, 15) is 4.79 Å². The molecule has 1 aromatic rings. The Hall–Kier alpha value is -1.57. The maximum atomic E-state index is 11.5. The summed E-state index contributed by atoms with van der Waals surface area (Å²) in [5.74, 6) is 1.56. The van der Waals surface area contributed by atoms with Gasteiger partial charge in [-0.25, -0.2) is 4.98 Å². The number of ether oxygens (including phenoxy) is 1. The van der Waals surface area contributed by atoms with Crippen LogP contribution >= 0.6 is 11.8 Å². The van der Waals surface area contributed by atoms with Crippen molar-refractivity contribution in [1.82, 2.24) is 15.2 Å². The summed E-state index contributed by atoms with van der Waals surface area (Å²) in [6.07, 6.45) is 9.45. The molecule has 1 aromatic heterocycles. The van der Waals surface area contributed by atoms with Crippen LogP contribution < -0.4 is 10.1 Å². The standard InChI is InChI=1S/C19H29N3O3S/c23-11-13-26-16-18(24)20-7-2-5-12-25-19-14-17(6-8-21-19)15-22-9-3-1-4-10-22/h2,5-6,8,14,23H,1,3-4,7,9-13,15-16H2,(H,20,24). The van der Waals surface area contributed by atoms with Gasteiger partial charge in [-0.3, -0.25) is 9.69 Å². The molecular formula is C19H29N3O3S. The number of aliphatic hydroxyl groups is 1. The summed E-state index contributed by atoms with van der Waals surface area (Å²) < 4.78 is 5.66. The van der Waals surface area contributed by atoms with Gasteiger partial charge in [-0.1, -0.05) is 12.5 Å². The molecular weight excluding hydrogens is 350 g/mol. The van der Waals surface area contributed by atoms with Crippen LogP contribution in [-0.4, -0.2) is 65.3 Å². The van der Waals surface area contributed by atoms with Crippen molar-refractivity contribution in [2.75, 3.05) is 44.4 Å². The van der Waals surface area contributed by atoms with E-state index in [0.717, 1.165) is 6.54 Å². The summed E-state index contributed by atoms with van der Waals surface area (Å²) in [7, 11) is 0. The number of carbonyl (C=O) groups excluding carboxylic acids is 1. The van der Waals surface area contributed by atoms with Gasteiger partial charge in [0.25, 0.3) is 0 Å². The Bertz CT molecular complexity index is 563. The number of aliphatic hydroxyl groups excluding tert-OH is 1. The van der Waals surface area contributed by atoms with Gasteiger partial charge in [-0.15, -0.1) is 11.8 Å². The van der Waals surface area contributed by atoms with Gasteiger partial charge in [-0.05, 0) is 43.6 Å². The molecule has 2 heterocycles. The summed E-state index contributed by atoms with van der Waals surface area (Å²) in [5.41, 5.74) is 1.23. The first-order valence-electron chi connectivity index (χ1n) is 9.18. The van der Waals surface area contributed by atoms with E-state index in [1.54, 1.807) is 6.20 Å². The van der Waals surface area contributed by atoms with Crippen molar-refractivity contribution in [3.05, 3.63) is 36.0 Å². The second-order valence-electron chi connectivity index (χ2n) is 6.20. The number of rotatable bonds is 11. The topological polar surface area (TPSA) is 74.7 Å². The van der Waals surface area contributed by atoms with Gasteiger partial charge in [0.15, 0.2) is 0 Å². The molecule has 26 heavy (non-hydrogen) atoms. The van der Waals surface area contributed by atoms with Crippen LogP contribution in [0.1, 0.15) is 24.8 Å². The van der Waals surface area contributed by atoms with Crippen LogP contribution in [-0.2, 0) is 11.3 Å². The van der Waals surface area contributed by atoms with Crippen molar-refractivity contribution >= 4 is 17.7 Å². The number of likely N-dealkylation sites (tertiary alicyclic amines) is 1. The third-order valence-electron chi connectivity index (χ3n) is 4.03.